The molecule has 0 bridgehead atoms. The molecule has 0 amide bonds. The van der Waals surface area contributed by atoms with Crippen molar-refractivity contribution in [2.45, 2.75) is 13.0 Å². The first-order valence-corrected chi connectivity index (χ1v) is 3.48. The highest BCUT2D eigenvalue weighted by Gasteiger charge is 1.94. The maximum absolute atomic E-state index is 4.00. The Morgan fingerprint density at radius 1 is 1.73 bits per heavy atom. The SMILES string of the molecule is C=CC(C)Nc1ccncn1. The maximum atomic E-state index is 4.00. The molecule has 1 heterocycles. The van der Waals surface area contributed by atoms with E-state index in [1.807, 2.05) is 19.1 Å². The van der Waals surface area contributed by atoms with E-state index in [2.05, 4.69) is 21.9 Å². The minimum atomic E-state index is 0.241. The molecule has 1 N–H and O–H groups in total. The van der Waals surface area contributed by atoms with Gasteiger partial charge in [0.1, 0.15) is 12.1 Å². The summed E-state index contributed by atoms with van der Waals surface area (Å²) >= 11 is 0. The molecular weight excluding hydrogens is 138 g/mol. The predicted molar refractivity (Wildman–Crippen MR) is 45.3 cm³/mol. The van der Waals surface area contributed by atoms with Crippen molar-refractivity contribution in [3.05, 3.63) is 31.2 Å². The van der Waals surface area contributed by atoms with Gasteiger partial charge in [-0.15, -0.1) is 6.58 Å². The van der Waals surface area contributed by atoms with Gasteiger partial charge in [-0.2, -0.15) is 0 Å². The zero-order chi connectivity index (χ0) is 8.10. The zero-order valence-electron chi connectivity index (χ0n) is 6.49. The van der Waals surface area contributed by atoms with Crippen molar-refractivity contribution in [1.29, 1.82) is 0 Å². The molecule has 3 nitrogen and oxygen atoms in total. The van der Waals surface area contributed by atoms with Crippen molar-refractivity contribution in [3.63, 3.8) is 0 Å². The molecule has 1 aromatic rings. The van der Waals surface area contributed by atoms with Crippen LogP contribution in [0.5, 0.6) is 0 Å². The smallest absolute Gasteiger partial charge is 0.129 e. The highest BCUT2D eigenvalue weighted by Crippen LogP contribution is 2.00. The van der Waals surface area contributed by atoms with Crippen molar-refractivity contribution in [3.8, 4) is 0 Å². The molecule has 0 saturated carbocycles. The second-order valence-electron chi connectivity index (χ2n) is 2.26. The van der Waals surface area contributed by atoms with Gasteiger partial charge >= 0.3 is 0 Å². The lowest BCUT2D eigenvalue weighted by atomic mass is 10.3. The van der Waals surface area contributed by atoms with E-state index in [0.717, 1.165) is 5.82 Å². The topological polar surface area (TPSA) is 37.8 Å². The van der Waals surface area contributed by atoms with E-state index in [0.29, 0.717) is 0 Å². The number of hydrogen-bond donors (Lipinski definition) is 1. The molecule has 3 heteroatoms. The second-order valence-corrected chi connectivity index (χ2v) is 2.26. The summed E-state index contributed by atoms with van der Waals surface area (Å²) in [5, 5.41) is 3.12. The average molecular weight is 149 g/mol. The summed E-state index contributed by atoms with van der Waals surface area (Å²) in [5.74, 6) is 0.826. The summed E-state index contributed by atoms with van der Waals surface area (Å²) in [6.07, 6.45) is 5.03. The number of nitrogens with one attached hydrogen (secondary N) is 1. The van der Waals surface area contributed by atoms with Gasteiger partial charge in [0.15, 0.2) is 0 Å². The fourth-order valence-corrected chi connectivity index (χ4v) is 0.668. The lowest BCUT2D eigenvalue weighted by molar-refractivity contribution is 0.976. The van der Waals surface area contributed by atoms with E-state index in [4.69, 9.17) is 0 Å². The fourth-order valence-electron chi connectivity index (χ4n) is 0.668. The van der Waals surface area contributed by atoms with Gasteiger partial charge in [-0.05, 0) is 13.0 Å². The highest BCUT2D eigenvalue weighted by atomic mass is 15.0. The van der Waals surface area contributed by atoms with Gasteiger partial charge in [-0.3, -0.25) is 0 Å². The van der Waals surface area contributed by atoms with Crippen molar-refractivity contribution >= 4 is 5.82 Å². The van der Waals surface area contributed by atoms with Crippen LogP contribution >= 0.6 is 0 Å². The third-order valence-electron chi connectivity index (χ3n) is 1.31. The van der Waals surface area contributed by atoms with Crippen molar-refractivity contribution in [2.24, 2.45) is 0 Å². The molecule has 0 saturated heterocycles. The molecule has 0 aliphatic rings. The van der Waals surface area contributed by atoms with Gasteiger partial charge in [0, 0.05) is 12.2 Å². The van der Waals surface area contributed by atoms with Crippen LogP contribution in [-0.2, 0) is 0 Å². The van der Waals surface area contributed by atoms with Gasteiger partial charge in [-0.25, -0.2) is 9.97 Å². The number of aromatic nitrogens is 2. The van der Waals surface area contributed by atoms with Gasteiger partial charge in [-0.1, -0.05) is 6.08 Å². The average Bonchev–Trinajstić information content (AvgIpc) is 2.06. The van der Waals surface area contributed by atoms with E-state index in [9.17, 15) is 0 Å². The Morgan fingerprint density at radius 2 is 2.55 bits per heavy atom. The highest BCUT2D eigenvalue weighted by molar-refractivity contribution is 5.33. The monoisotopic (exact) mass is 149 g/mol. The Balaban J connectivity index is 2.57. The van der Waals surface area contributed by atoms with E-state index >= 15 is 0 Å². The summed E-state index contributed by atoms with van der Waals surface area (Å²) in [4.78, 5) is 7.80. The Morgan fingerprint density at radius 3 is 3.09 bits per heavy atom. The zero-order valence-corrected chi connectivity index (χ0v) is 6.49. The standard InChI is InChI=1S/C8H11N3/c1-3-7(2)11-8-4-5-9-6-10-8/h3-7H,1H2,2H3,(H,9,10,11). The summed E-state index contributed by atoms with van der Waals surface area (Å²) in [6, 6.07) is 2.06. The van der Waals surface area contributed by atoms with E-state index < -0.39 is 0 Å². The lowest BCUT2D eigenvalue weighted by Gasteiger charge is -2.07. The number of hydrogen-bond acceptors (Lipinski definition) is 3. The van der Waals surface area contributed by atoms with E-state index in [-0.39, 0.29) is 6.04 Å². The molecule has 0 spiro atoms. The second kappa shape index (κ2) is 3.71. The lowest BCUT2D eigenvalue weighted by Crippen LogP contribution is -2.12. The summed E-state index contributed by atoms with van der Waals surface area (Å²) in [7, 11) is 0. The van der Waals surface area contributed by atoms with Crippen LogP contribution in [0.2, 0.25) is 0 Å². The van der Waals surface area contributed by atoms with Crippen LogP contribution in [0.25, 0.3) is 0 Å². The van der Waals surface area contributed by atoms with Crippen LogP contribution in [0.15, 0.2) is 31.2 Å². The van der Waals surface area contributed by atoms with Crippen LogP contribution in [-0.4, -0.2) is 16.0 Å². The van der Waals surface area contributed by atoms with Crippen molar-refractivity contribution < 1.29 is 0 Å². The molecule has 1 rings (SSSR count). The van der Waals surface area contributed by atoms with Crippen LogP contribution < -0.4 is 5.32 Å². The third-order valence-corrected chi connectivity index (χ3v) is 1.31. The summed E-state index contributed by atoms with van der Waals surface area (Å²) in [6.45, 7) is 5.66. The first-order chi connectivity index (χ1) is 5.33. The molecule has 1 atom stereocenters. The van der Waals surface area contributed by atoms with E-state index in [1.165, 1.54) is 6.33 Å². The van der Waals surface area contributed by atoms with Gasteiger partial charge < -0.3 is 5.32 Å². The van der Waals surface area contributed by atoms with Gasteiger partial charge in [0.2, 0.25) is 0 Å². The molecule has 0 radical (unpaired) electrons. The Labute approximate surface area is 66.2 Å². The molecule has 1 aromatic heterocycles. The maximum Gasteiger partial charge on any atom is 0.129 e. The normalized spacial score (nSPS) is 12.1. The summed E-state index contributed by atoms with van der Waals surface area (Å²) < 4.78 is 0. The fraction of sp³-hybridized carbons (Fsp3) is 0.250. The minimum absolute atomic E-state index is 0.241. The Bertz CT molecular complexity index is 220. The van der Waals surface area contributed by atoms with Crippen LogP contribution in [0.3, 0.4) is 0 Å². The van der Waals surface area contributed by atoms with Crippen molar-refractivity contribution in [1.82, 2.24) is 9.97 Å². The molecule has 58 valence electrons. The van der Waals surface area contributed by atoms with Crippen molar-refractivity contribution in [2.75, 3.05) is 5.32 Å². The van der Waals surface area contributed by atoms with Crippen LogP contribution in [0.4, 0.5) is 5.82 Å². The number of nitrogens with zero attached hydrogens (tertiary/aromatic N) is 2. The Kier molecular flexibility index (Phi) is 2.60. The molecule has 0 aliphatic carbocycles. The molecule has 0 aromatic carbocycles. The molecule has 11 heavy (non-hydrogen) atoms. The first kappa shape index (κ1) is 7.72. The minimum Gasteiger partial charge on any atom is -0.364 e. The van der Waals surface area contributed by atoms with Crippen LogP contribution in [0, 0.1) is 0 Å². The van der Waals surface area contributed by atoms with Gasteiger partial charge in [0.25, 0.3) is 0 Å². The van der Waals surface area contributed by atoms with Crippen LogP contribution in [0.1, 0.15) is 6.92 Å². The molecular formula is C8H11N3. The Hall–Kier alpha value is -1.38. The largest absolute Gasteiger partial charge is 0.364 e. The molecule has 0 fully saturated rings. The third kappa shape index (κ3) is 2.37. The number of anilines is 1. The van der Waals surface area contributed by atoms with E-state index in [1.54, 1.807) is 6.20 Å². The molecule has 0 aliphatic heterocycles. The predicted octanol–water partition coefficient (Wildman–Crippen LogP) is 1.46. The first-order valence-electron chi connectivity index (χ1n) is 3.48. The number of rotatable bonds is 3. The van der Waals surface area contributed by atoms with Gasteiger partial charge in [0.05, 0.1) is 0 Å². The quantitative estimate of drug-likeness (QED) is 0.661. The summed E-state index contributed by atoms with van der Waals surface area (Å²) in [5.41, 5.74) is 0. The molecule has 1 unspecified atom stereocenters.